The summed E-state index contributed by atoms with van der Waals surface area (Å²) in [5.41, 5.74) is 1.75. The lowest BCUT2D eigenvalue weighted by Crippen LogP contribution is -2.45. The van der Waals surface area contributed by atoms with Gasteiger partial charge in [-0.2, -0.15) is 0 Å². The number of fused-ring (bicyclic) bond motifs is 1. The molecule has 1 aliphatic carbocycles. The minimum absolute atomic E-state index is 0.156. The zero-order chi connectivity index (χ0) is 14.8. The second-order valence-corrected chi connectivity index (χ2v) is 5.93. The van der Waals surface area contributed by atoms with E-state index in [4.69, 9.17) is 0 Å². The first-order chi connectivity index (χ1) is 10.1. The molecule has 3 rings (SSSR count). The minimum Gasteiger partial charge on any atom is -0.481 e. The van der Waals surface area contributed by atoms with E-state index in [0.29, 0.717) is 13.1 Å². The van der Waals surface area contributed by atoms with E-state index < -0.39 is 11.9 Å². The molecule has 112 valence electrons. The van der Waals surface area contributed by atoms with Crippen LogP contribution in [0.1, 0.15) is 36.3 Å². The number of carboxylic acid groups (broad SMARTS) is 1. The topological polar surface area (TPSA) is 69.6 Å². The average molecular weight is 288 g/mol. The van der Waals surface area contributed by atoms with Crippen LogP contribution in [0, 0.1) is 5.92 Å². The number of nitrogens with one attached hydrogen (secondary N) is 1. The molecule has 0 bridgehead atoms. The summed E-state index contributed by atoms with van der Waals surface area (Å²) in [4.78, 5) is 25.2. The second-order valence-electron chi connectivity index (χ2n) is 5.93. The van der Waals surface area contributed by atoms with Gasteiger partial charge in [-0.3, -0.25) is 4.79 Å². The van der Waals surface area contributed by atoms with E-state index >= 15 is 0 Å². The number of aliphatic carboxylic acids is 1. The lowest BCUT2D eigenvalue weighted by molar-refractivity contribution is -0.139. The van der Waals surface area contributed by atoms with Crippen molar-refractivity contribution in [2.24, 2.45) is 5.92 Å². The SMILES string of the molecule is O=C(O)C1CN(C(=O)NCCC2CC2)Cc2ccccc21. The van der Waals surface area contributed by atoms with E-state index in [-0.39, 0.29) is 12.6 Å². The summed E-state index contributed by atoms with van der Waals surface area (Å²) < 4.78 is 0. The monoisotopic (exact) mass is 288 g/mol. The molecule has 0 aromatic heterocycles. The predicted molar refractivity (Wildman–Crippen MR) is 78.0 cm³/mol. The first-order valence-corrected chi connectivity index (χ1v) is 7.48. The number of carbonyl (C=O) groups is 2. The summed E-state index contributed by atoms with van der Waals surface area (Å²) in [5.74, 6) is -0.735. The standard InChI is InChI=1S/C16H20N2O3/c19-15(20)14-10-18(9-12-3-1-2-4-13(12)14)16(21)17-8-7-11-5-6-11/h1-4,11,14H,5-10H2,(H,17,21)(H,19,20). The van der Waals surface area contributed by atoms with Crippen molar-refractivity contribution >= 4 is 12.0 Å². The Balaban J connectivity index is 1.67. The van der Waals surface area contributed by atoms with Gasteiger partial charge in [-0.25, -0.2) is 4.79 Å². The van der Waals surface area contributed by atoms with Crippen molar-refractivity contribution in [1.29, 1.82) is 0 Å². The summed E-state index contributed by atoms with van der Waals surface area (Å²) in [6.45, 7) is 1.40. The van der Waals surface area contributed by atoms with Crippen LogP contribution < -0.4 is 5.32 Å². The minimum atomic E-state index is -0.877. The maximum atomic E-state index is 12.2. The Morgan fingerprint density at radius 2 is 2.05 bits per heavy atom. The van der Waals surface area contributed by atoms with E-state index in [1.54, 1.807) is 4.90 Å². The molecule has 1 fully saturated rings. The number of rotatable bonds is 4. The van der Waals surface area contributed by atoms with Crippen LogP contribution in [0.2, 0.25) is 0 Å². The van der Waals surface area contributed by atoms with Crippen LogP contribution in [0.5, 0.6) is 0 Å². The smallest absolute Gasteiger partial charge is 0.317 e. The summed E-state index contributed by atoms with van der Waals surface area (Å²) in [7, 11) is 0. The Morgan fingerprint density at radius 3 is 2.76 bits per heavy atom. The van der Waals surface area contributed by atoms with E-state index in [9.17, 15) is 14.7 Å². The number of hydrogen-bond donors (Lipinski definition) is 2. The van der Waals surface area contributed by atoms with Crippen LogP contribution in [0.3, 0.4) is 0 Å². The maximum absolute atomic E-state index is 12.2. The molecule has 1 aliphatic heterocycles. The van der Waals surface area contributed by atoms with Crippen LogP contribution in [-0.4, -0.2) is 35.1 Å². The van der Waals surface area contributed by atoms with Crippen LogP contribution in [-0.2, 0) is 11.3 Å². The van der Waals surface area contributed by atoms with Crippen LogP contribution >= 0.6 is 0 Å². The fourth-order valence-electron chi connectivity index (χ4n) is 2.87. The van der Waals surface area contributed by atoms with Crippen molar-refractivity contribution in [2.75, 3.05) is 13.1 Å². The molecule has 1 saturated carbocycles. The van der Waals surface area contributed by atoms with Crippen molar-refractivity contribution in [3.63, 3.8) is 0 Å². The highest BCUT2D eigenvalue weighted by Gasteiger charge is 2.32. The zero-order valence-corrected chi connectivity index (χ0v) is 11.9. The van der Waals surface area contributed by atoms with Crippen molar-refractivity contribution in [2.45, 2.75) is 31.7 Å². The number of urea groups is 1. The van der Waals surface area contributed by atoms with Gasteiger partial charge < -0.3 is 15.3 Å². The van der Waals surface area contributed by atoms with Gasteiger partial charge in [-0.15, -0.1) is 0 Å². The molecule has 1 unspecified atom stereocenters. The van der Waals surface area contributed by atoms with Gasteiger partial charge in [0.25, 0.3) is 0 Å². The molecule has 1 aromatic carbocycles. The van der Waals surface area contributed by atoms with E-state index in [1.807, 2.05) is 24.3 Å². The van der Waals surface area contributed by atoms with Gasteiger partial charge in [0.15, 0.2) is 0 Å². The van der Waals surface area contributed by atoms with Crippen LogP contribution in [0.25, 0.3) is 0 Å². The molecule has 5 heteroatoms. The third-order valence-electron chi connectivity index (χ3n) is 4.31. The zero-order valence-electron chi connectivity index (χ0n) is 11.9. The molecule has 5 nitrogen and oxygen atoms in total. The summed E-state index contributed by atoms with van der Waals surface area (Å²) in [5, 5.41) is 12.3. The Hall–Kier alpha value is -2.04. The fraction of sp³-hybridized carbons (Fsp3) is 0.500. The first kappa shape index (κ1) is 13.9. The number of hydrogen-bond acceptors (Lipinski definition) is 2. The Labute approximate surface area is 123 Å². The highest BCUT2D eigenvalue weighted by Crippen LogP contribution is 2.32. The van der Waals surface area contributed by atoms with Crippen LogP contribution in [0.4, 0.5) is 4.79 Å². The normalized spacial score (nSPS) is 20.8. The van der Waals surface area contributed by atoms with Gasteiger partial charge in [0, 0.05) is 19.6 Å². The lowest BCUT2D eigenvalue weighted by atomic mass is 9.90. The summed E-state index contributed by atoms with van der Waals surface area (Å²) in [6, 6.07) is 7.31. The number of carbonyl (C=O) groups excluding carboxylic acids is 1. The quantitative estimate of drug-likeness (QED) is 0.892. The van der Waals surface area contributed by atoms with E-state index in [1.165, 1.54) is 12.8 Å². The molecule has 1 heterocycles. The average Bonchev–Trinajstić information content (AvgIpc) is 3.30. The molecule has 1 atom stereocenters. The summed E-state index contributed by atoms with van der Waals surface area (Å²) in [6.07, 6.45) is 3.57. The predicted octanol–water partition coefficient (Wildman–Crippen LogP) is 2.18. The molecular weight excluding hydrogens is 268 g/mol. The maximum Gasteiger partial charge on any atom is 0.317 e. The fourth-order valence-corrected chi connectivity index (χ4v) is 2.87. The molecule has 21 heavy (non-hydrogen) atoms. The number of amides is 2. The van der Waals surface area contributed by atoms with E-state index in [0.717, 1.165) is 23.5 Å². The summed E-state index contributed by atoms with van der Waals surface area (Å²) >= 11 is 0. The highest BCUT2D eigenvalue weighted by molar-refractivity contribution is 5.80. The second kappa shape index (κ2) is 5.76. The largest absolute Gasteiger partial charge is 0.481 e. The first-order valence-electron chi connectivity index (χ1n) is 7.48. The van der Waals surface area contributed by atoms with Gasteiger partial charge in [-0.1, -0.05) is 37.1 Å². The Bertz CT molecular complexity index is 554. The van der Waals surface area contributed by atoms with Crippen molar-refractivity contribution in [3.8, 4) is 0 Å². The molecule has 0 radical (unpaired) electrons. The van der Waals surface area contributed by atoms with Gasteiger partial charge in [0.05, 0.1) is 5.92 Å². The number of nitrogens with zero attached hydrogens (tertiary/aromatic N) is 1. The van der Waals surface area contributed by atoms with Crippen molar-refractivity contribution < 1.29 is 14.7 Å². The van der Waals surface area contributed by atoms with Crippen molar-refractivity contribution in [3.05, 3.63) is 35.4 Å². The molecule has 0 saturated heterocycles. The number of benzene rings is 1. The molecular formula is C16H20N2O3. The third kappa shape index (κ3) is 3.17. The van der Waals surface area contributed by atoms with Crippen molar-refractivity contribution in [1.82, 2.24) is 10.2 Å². The van der Waals surface area contributed by atoms with Crippen LogP contribution in [0.15, 0.2) is 24.3 Å². The third-order valence-corrected chi connectivity index (χ3v) is 4.31. The van der Waals surface area contributed by atoms with Gasteiger partial charge in [0.1, 0.15) is 0 Å². The molecule has 2 N–H and O–H groups in total. The molecule has 1 aromatic rings. The van der Waals surface area contributed by atoms with Gasteiger partial charge in [0.2, 0.25) is 0 Å². The Morgan fingerprint density at radius 1 is 1.29 bits per heavy atom. The Kier molecular flexibility index (Phi) is 3.82. The van der Waals surface area contributed by atoms with Gasteiger partial charge in [-0.05, 0) is 23.5 Å². The van der Waals surface area contributed by atoms with E-state index in [2.05, 4.69) is 5.32 Å². The highest BCUT2D eigenvalue weighted by atomic mass is 16.4. The molecule has 2 aliphatic rings. The number of carboxylic acids is 1. The molecule has 0 spiro atoms. The van der Waals surface area contributed by atoms with Gasteiger partial charge >= 0.3 is 12.0 Å². The molecule has 2 amide bonds. The lowest BCUT2D eigenvalue weighted by Gasteiger charge is -2.32.